The van der Waals surface area contributed by atoms with Crippen molar-refractivity contribution in [1.82, 2.24) is 0 Å². The average molecular weight is 464 g/mol. The second-order valence-corrected chi connectivity index (χ2v) is 1.39. The Morgan fingerprint density at radius 2 is 0.231 bits per heavy atom. The Hall–Kier alpha value is -0.0608. The van der Waals surface area contributed by atoms with Crippen LogP contribution in [0.1, 0.15) is 0 Å². The summed E-state index contributed by atoms with van der Waals surface area (Å²) in [7, 11) is -8.67. The van der Waals surface area contributed by atoms with Crippen molar-refractivity contribution in [3.05, 3.63) is 0 Å². The zero-order valence-corrected chi connectivity index (χ0v) is 13.7. The molecule has 0 unspecified atom stereocenters. The summed E-state index contributed by atoms with van der Waals surface area (Å²) in [4.78, 5) is 0. The average Bonchev–Trinajstić information content (AvgIpc) is 1.76. The van der Waals surface area contributed by atoms with E-state index in [0.717, 1.165) is 0 Å². The van der Waals surface area contributed by atoms with Crippen LogP contribution in [0.15, 0.2) is 0 Å². The van der Waals surface area contributed by atoms with Crippen molar-refractivity contribution in [2.24, 2.45) is 0 Å². The summed E-state index contributed by atoms with van der Waals surface area (Å²) in [6.07, 6.45) is 0. The molecule has 0 aromatic carbocycles. The normalized spacial score (nSPS) is 4.15. The molecule has 0 aliphatic heterocycles. The predicted octanol–water partition coefficient (Wildman–Crippen LogP) is -15.6. The topological polar surface area (TPSA) is 526 Å². The van der Waals surface area contributed by atoms with Gasteiger partial charge in [0.25, 0.3) is 0 Å². The van der Waals surface area contributed by atoms with Crippen LogP contribution in [-0.4, -0.2) is 139 Å². The van der Waals surface area contributed by atoms with Crippen molar-refractivity contribution in [3.8, 4) is 0 Å². The Kier molecular flexibility index (Phi) is 436. The Morgan fingerprint density at radius 3 is 0.231 bits per heavy atom. The van der Waals surface area contributed by atoms with E-state index in [2.05, 4.69) is 0 Å². The quantitative estimate of drug-likeness (QED) is 0.149. The first-order valence-electron chi connectivity index (χ1n) is 3.10. The fourth-order valence-corrected chi connectivity index (χ4v) is 0. The molecule has 21 nitrogen and oxygen atoms in total. The van der Waals surface area contributed by atoms with Gasteiger partial charge >= 0.3 is 29.3 Å². The fourth-order valence-electron chi connectivity index (χ4n) is 0. The van der Waals surface area contributed by atoms with Gasteiger partial charge in [0, 0.05) is 17.1 Å². The van der Waals surface area contributed by atoms with E-state index < -0.39 is 29.3 Å². The monoisotopic (exact) mass is 465 g/mol. The minimum atomic E-state index is -2.17. The molecule has 26 heavy (non-hydrogen) atoms. The van der Waals surface area contributed by atoms with Crippen LogP contribution in [0, 0.1) is 0 Å². The summed E-state index contributed by atoms with van der Waals surface area (Å²) in [6, 6.07) is 0. The fraction of sp³-hybridized carbons (Fsp3) is 0. The molecule has 0 aliphatic carbocycles. The third kappa shape index (κ3) is 3410000. The third-order valence-electron chi connectivity index (χ3n) is 0. The van der Waals surface area contributed by atoms with E-state index in [0.29, 0.717) is 0 Å². The van der Waals surface area contributed by atoms with E-state index in [1.807, 2.05) is 0 Å². The van der Waals surface area contributed by atoms with E-state index in [9.17, 15) is 0 Å². The van der Waals surface area contributed by atoms with Crippen molar-refractivity contribution >= 4 is 29.3 Å². The maximum atomic E-state index is 7.17. The molecule has 0 spiro atoms. The third-order valence-corrected chi connectivity index (χ3v) is 0. The van der Waals surface area contributed by atoms with Crippen molar-refractivity contribution in [2.75, 3.05) is 0 Å². The molecule has 0 bridgehead atoms. The molecule has 0 saturated carbocycles. The van der Waals surface area contributed by atoms with Gasteiger partial charge in [-0.1, -0.05) is 0 Å². The SMILES string of the molecule is O.O.O.O.O.O.O.O.O.OB(O)O.OB(O)O.OB(O)O.OB(O)O.[Mn]. The van der Waals surface area contributed by atoms with Crippen molar-refractivity contribution < 1.29 is 127 Å². The number of rotatable bonds is 0. The molecule has 175 valence electrons. The van der Waals surface area contributed by atoms with Crippen LogP contribution >= 0.6 is 0 Å². The summed E-state index contributed by atoms with van der Waals surface area (Å²) in [6.45, 7) is 0. The van der Waals surface area contributed by atoms with Crippen LogP contribution in [0.3, 0.4) is 0 Å². The minimum Gasteiger partial charge on any atom is -0.412 e. The maximum Gasteiger partial charge on any atom is 0.631 e. The van der Waals surface area contributed by atoms with E-state index in [1.165, 1.54) is 0 Å². The van der Waals surface area contributed by atoms with E-state index in [4.69, 9.17) is 60.3 Å². The van der Waals surface area contributed by atoms with E-state index >= 15 is 0 Å². The van der Waals surface area contributed by atoms with Crippen molar-refractivity contribution in [3.63, 3.8) is 0 Å². The molecule has 0 aromatic rings. The van der Waals surface area contributed by atoms with Gasteiger partial charge in [0.2, 0.25) is 0 Å². The molecule has 26 heteroatoms. The Labute approximate surface area is 157 Å². The summed E-state index contributed by atoms with van der Waals surface area (Å²) >= 11 is 0. The van der Waals surface area contributed by atoms with Gasteiger partial charge in [-0.15, -0.1) is 0 Å². The zero-order chi connectivity index (χ0) is 14.3. The van der Waals surface area contributed by atoms with Gasteiger partial charge in [0.15, 0.2) is 0 Å². The molecule has 1 radical (unpaired) electrons. The summed E-state index contributed by atoms with van der Waals surface area (Å²) < 4.78 is 0. The van der Waals surface area contributed by atoms with Gasteiger partial charge < -0.3 is 110 Å². The van der Waals surface area contributed by atoms with Gasteiger partial charge in [-0.05, 0) is 0 Å². The summed E-state index contributed by atoms with van der Waals surface area (Å²) in [5.74, 6) is 0. The van der Waals surface area contributed by atoms with Gasteiger partial charge in [-0.3, -0.25) is 0 Å². The van der Waals surface area contributed by atoms with Gasteiger partial charge in [-0.25, -0.2) is 0 Å². The van der Waals surface area contributed by atoms with E-state index in [1.54, 1.807) is 0 Å². The molecule has 0 fully saturated rings. The molecule has 0 saturated heterocycles. The predicted molar refractivity (Wildman–Crippen MR) is 82.2 cm³/mol. The summed E-state index contributed by atoms with van der Waals surface area (Å²) in [5.41, 5.74) is 0. The van der Waals surface area contributed by atoms with Crippen LogP contribution < -0.4 is 0 Å². The summed E-state index contributed by atoms with van der Waals surface area (Å²) in [5, 5.41) is 86.0. The molecule has 30 N–H and O–H groups in total. The first-order chi connectivity index (χ1) is 6.93. The number of hydrogen-bond donors (Lipinski definition) is 12. The minimum absolute atomic E-state index is 0. The molecule has 0 aliphatic rings. The first-order valence-corrected chi connectivity index (χ1v) is 3.10. The largest absolute Gasteiger partial charge is 0.631 e. The number of hydrogen-bond acceptors (Lipinski definition) is 12. The van der Waals surface area contributed by atoms with Gasteiger partial charge in [0.1, 0.15) is 0 Å². The van der Waals surface area contributed by atoms with Crippen LogP contribution in [0.5, 0.6) is 0 Å². The van der Waals surface area contributed by atoms with Crippen molar-refractivity contribution in [2.45, 2.75) is 0 Å². The zero-order valence-electron chi connectivity index (χ0n) is 12.6. The standard InChI is InChI=1S/4BH3O3.Mn.9H2O/c4*2-1(3)4;;;;;;;;;;/h4*2-4H;;9*1H2. The van der Waals surface area contributed by atoms with Crippen LogP contribution in [0.2, 0.25) is 0 Å². The molecular formula is H30B4MnO21. The van der Waals surface area contributed by atoms with Crippen LogP contribution in [0.4, 0.5) is 0 Å². The van der Waals surface area contributed by atoms with Crippen LogP contribution in [-0.2, 0) is 17.1 Å². The Bertz CT molecular complexity index is 65.0. The van der Waals surface area contributed by atoms with Gasteiger partial charge in [0.05, 0.1) is 0 Å². The molecular weight excluding hydrogens is 434 g/mol. The molecule has 0 rings (SSSR count). The smallest absolute Gasteiger partial charge is 0.412 e. The Balaban J connectivity index is -0.00000000545. The van der Waals surface area contributed by atoms with Gasteiger partial charge in [-0.2, -0.15) is 0 Å². The molecule has 0 heterocycles. The van der Waals surface area contributed by atoms with Crippen molar-refractivity contribution in [1.29, 1.82) is 0 Å². The molecule has 0 aromatic heterocycles. The maximum absolute atomic E-state index is 7.17. The second-order valence-electron chi connectivity index (χ2n) is 1.39. The molecule has 0 amide bonds. The van der Waals surface area contributed by atoms with E-state index in [-0.39, 0.29) is 66.4 Å². The Morgan fingerprint density at radius 1 is 0.231 bits per heavy atom. The first kappa shape index (κ1) is 113. The molecule has 0 atom stereocenters. The van der Waals surface area contributed by atoms with Crippen LogP contribution in [0.25, 0.3) is 0 Å². The second kappa shape index (κ2) is 100.